The highest BCUT2D eigenvalue weighted by Gasteiger charge is 2.14. The number of aryl methyl sites for hydroxylation is 1. The minimum atomic E-state index is -0.399. The molecule has 0 saturated carbocycles. The van der Waals surface area contributed by atoms with Crippen LogP contribution in [0.1, 0.15) is 26.5 Å². The summed E-state index contributed by atoms with van der Waals surface area (Å²) in [6.45, 7) is 6.03. The third-order valence-corrected chi connectivity index (χ3v) is 1.91. The van der Waals surface area contributed by atoms with Crippen LogP contribution in [0.5, 0.6) is 0 Å². The number of nitrogens with one attached hydrogen (secondary N) is 1. The van der Waals surface area contributed by atoms with Gasteiger partial charge in [0.1, 0.15) is 6.33 Å². The van der Waals surface area contributed by atoms with Gasteiger partial charge in [0.2, 0.25) is 0 Å². The van der Waals surface area contributed by atoms with E-state index in [2.05, 4.69) is 15.3 Å². The van der Waals surface area contributed by atoms with E-state index in [0.29, 0.717) is 18.7 Å². The zero-order valence-electron chi connectivity index (χ0n) is 9.34. The number of rotatable bonds is 4. The fraction of sp³-hybridized carbons (Fsp3) is 0.600. The van der Waals surface area contributed by atoms with Gasteiger partial charge in [0.05, 0.1) is 5.69 Å². The van der Waals surface area contributed by atoms with Gasteiger partial charge in [-0.1, -0.05) is 6.92 Å². The van der Waals surface area contributed by atoms with E-state index in [0.717, 1.165) is 0 Å². The summed E-state index contributed by atoms with van der Waals surface area (Å²) in [6.07, 6.45) is 1.91. The Bertz CT molecular complexity index is 333. The van der Waals surface area contributed by atoms with E-state index in [1.54, 1.807) is 0 Å². The van der Waals surface area contributed by atoms with Crippen molar-refractivity contribution in [1.29, 1.82) is 0 Å². The molecule has 0 atom stereocenters. The molecular formula is C10H17FN4. The number of anilines is 1. The quantitative estimate of drug-likeness (QED) is 0.790. The molecule has 0 saturated heterocycles. The van der Waals surface area contributed by atoms with Gasteiger partial charge in [-0.25, -0.2) is 14.4 Å². The molecule has 0 aliphatic rings. The van der Waals surface area contributed by atoms with E-state index >= 15 is 0 Å². The predicted octanol–water partition coefficient (Wildman–Crippen LogP) is 1.33. The summed E-state index contributed by atoms with van der Waals surface area (Å²) in [5.41, 5.74) is 5.80. The van der Waals surface area contributed by atoms with Crippen LogP contribution in [0, 0.1) is 5.82 Å². The Labute approximate surface area is 89.1 Å². The van der Waals surface area contributed by atoms with Crippen molar-refractivity contribution in [2.45, 2.75) is 32.7 Å². The van der Waals surface area contributed by atoms with Crippen molar-refractivity contribution in [1.82, 2.24) is 9.97 Å². The van der Waals surface area contributed by atoms with Crippen LogP contribution in [0.3, 0.4) is 0 Å². The van der Waals surface area contributed by atoms with Crippen LogP contribution >= 0.6 is 0 Å². The topological polar surface area (TPSA) is 63.8 Å². The van der Waals surface area contributed by atoms with E-state index in [9.17, 15) is 4.39 Å². The summed E-state index contributed by atoms with van der Waals surface area (Å²) >= 11 is 0. The van der Waals surface area contributed by atoms with Crippen molar-refractivity contribution in [3.8, 4) is 0 Å². The Hall–Kier alpha value is -1.23. The van der Waals surface area contributed by atoms with Gasteiger partial charge in [-0.3, -0.25) is 0 Å². The molecule has 5 heteroatoms. The first-order chi connectivity index (χ1) is 6.94. The minimum Gasteiger partial charge on any atom is -0.366 e. The Balaban J connectivity index is 2.78. The Morgan fingerprint density at radius 3 is 2.67 bits per heavy atom. The fourth-order valence-corrected chi connectivity index (χ4v) is 1.09. The summed E-state index contributed by atoms with van der Waals surface area (Å²) in [4.78, 5) is 7.68. The van der Waals surface area contributed by atoms with E-state index in [4.69, 9.17) is 5.73 Å². The third kappa shape index (κ3) is 3.43. The molecule has 0 unspecified atom stereocenters. The lowest BCUT2D eigenvalue weighted by molar-refractivity contribution is 0.541. The molecule has 1 aromatic heterocycles. The third-order valence-electron chi connectivity index (χ3n) is 1.91. The van der Waals surface area contributed by atoms with Gasteiger partial charge in [-0.2, -0.15) is 0 Å². The predicted molar refractivity (Wildman–Crippen MR) is 58.1 cm³/mol. The van der Waals surface area contributed by atoms with E-state index < -0.39 is 5.54 Å². The second kappa shape index (κ2) is 4.53. The van der Waals surface area contributed by atoms with Crippen LogP contribution in [0.15, 0.2) is 6.33 Å². The molecule has 3 N–H and O–H groups in total. The van der Waals surface area contributed by atoms with Crippen LogP contribution in [-0.4, -0.2) is 22.1 Å². The number of nitrogens with two attached hydrogens (primary N) is 1. The molecular weight excluding hydrogens is 195 g/mol. The first-order valence-corrected chi connectivity index (χ1v) is 4.96. The molecule has 0 spiro atoms. The maximum Gasteiger partial charge on any atom is 0.186 e. The molecule has 0 bridgehead atoms. The Morgan fingerprint density at radius 2 is 2.13 bits per heavy atom. The van der Waals surface area contributed by atoms with E-state index in [1.165, 1.54) is 6.33 Å². The van der Waals surface area contributed by atoms with Gasteiger partial charge < -0.3 is 11.1 Å². The summed E-state index contributed by atoms with van der Waals surface area (Å²) in [5.74, 6) is -0.162. The normalized spacial score (nSPS) is 11.5. The van der Waals surface area contributed by atoms with E-state index in [-0.39, 0.29) is 11.6 Å². The lowest BCUT2D eigenvalue weighted by Crippen LogP contribution is -2.40. The maximum absolute atomic E-state index is 13.6. The molecule has 1 aromatic rings. The van der Waals surface area contributed by atoms with Crippen molar-refractivity contribution >= 4 is 5.82 Å². The summed E-state index contributed by atoms with van der Waals surface area (Å²) in [6, 6.07) is 0. The summed E-state index contributed by atoms with van der Waals surface area (Å²) < 4.78 is 13.6. The number of hydrogen-bond donors (Lipinski definition) is 2. The molecule has 1 heterocycles. The van der Waals surface area contributed by atoms with Crippen molar-refractivity contribution in [3.05, 3.63) is 17.8 Å². The second-order valence-electron chi connectivity index (χ2n) is 4.18. The number of nitrogens with zero attached hydrogens (tertiary/aromatic N) is 2. The summed E-state index contributed by atoms with van der Waals surface area (Å²) in [5, 5.41) is 2.88. The molecule has 84 valence electrons. The van der Waals surface area contributed by atoms with Crippen molar-refractivity contribution in [2.24, 2.45) is 5.73 Å². The molecule has 15 heavy (non-hydrogen) atoms. The fourth-order valence-electron chi connectivity index (χ4n) is 1.09. The molecule has 0 aromatic carbocycles. The lowest BCUT2D eigenvalue weighted by Gasteiger charge is -2.19. The molecule has 1 rings (SSSR count). The zero-order chi connectivity index (χ0) is 11.5. The standard InChI is InChI=1S/C10H17FN4/c1-4-7-8(11)9(15-6-14-7)13-5-10(2,3)12/h6H,4-5,12H2,1-3H3,(H,13,14,15). The molecule has 0 fully saturated rings. The van der Waals surface area contributed by atoms with Crippen LogP contribution < -0.4 is 11.1 Å². The average Bonchev–Trinajstić information content (AvgIpc) is 2.15. The van der Waals surface area contributed by atoms with Crippen LogP contribution in [0.2, 0.25) is 0 Å². The molecule has 0 aliphatic carbocycles. The first kappa shape index (κ1) is 11.8. The van der Waals surface area contributed by atoms with Gasteiger partial charge in [-0.15, -0.1) is 0 Å². The zero-order valence-corrected chi connectivity index (χ0v) is 9.34. The van der Waals surface area contributed by atoms with Gasteiger partial charge in [0.25, 0.3) is 0 Å². The average molecular weight is 212 g/mol. The van der Waals surface area contributed by atoms with Crippen molar-refractivity contribution < 1.29 is 4.39 Å². The van der Waals surface area contributed by atoms with Gasteiger partial charge in [-0.05, 0) is 20.3 Å². The maximum atomic E-state index is 13.6. The lowest BCUT2D eigenvalue weighted by atomic mass is 10.1. The highest BCUT2D eigenvalue weighted by atomic mass is 19.1. The largest absolute Gasteiger partial charge is 0.366 e. The molecule has 0 radical (unpaired) electrons. The smallest absolute Gasteiger partial charge is 0.186 e. The molecule has 4 nitrogen and oxygen atoms in total. The number of halogens is 1. The van der Waals surface area contributed by atoms with Crippen LogP contribution in [0.4, 0.5) is 10.2 Å². The number of hydrogen-bond acceptors (Lipinski definition) is 4. The van der Waals surface area contributed by atoms with Crippen molar-refractivity contribution in [2.75, 3.05) is 11.9 Å². The van der Waals surface area contributed by atoms with Crippen molar-refractivity contribution in [3.63, 3.8) is 0 Å². The molecule has 0 aliphatic heterocycles. The van der Waals surface area contributed by atoms with Gasteiger partial charge >= 0.3 is 0 Å². The highest BCUT2D eigenvalue weighted by molar-refractivity contribution is 5.37. The first-order valence-electron chi connectivity index (χ1n) is 4.96. The Kier molecular flexibility index (Phi) is 3.57. The highest BCUT2D eigenvalue weighted by Crippen LogP contribution is 2.13. The SMILES string of the molecule is CCc1ncnc(NCC(C)(C)N)c1F. The number of aromatic nitrogens is 2. The van der Waals surface area contributed by atoms with Gasteiger partial charge in [0.15, 0.2) is 11.6 Å². The van der Waals surface area contributed by atoms with E-state index in [1.807, 2.05) is 20.8 Å². The van der Waals surface area contributed by atoms with Gasteiger partial charge in [0, 0.05) is 12.1 Å². The monoisotopic (exact) mass is 212 g/mol. The minimum absolute atomic E-state index is 0.223. The Morgan fingerprint density at radius 1 is 1.47 bits per heavy atom. The van der Waals surface area contributed by atoms with Crippen LogP contribution in [-0.2, 0) is 6.42 Å². The molecule has 0 amide bonds. The summed E-state index contributed by atoms with van der Waals surface area (Å²) in [7, 11) is 0. The van der Waals surface area contributed by atoms with Crippen LogP contribution in [0.25, 0.3) is 0 Å². The second-order valence-corrected chi connectivity index (χ2v) is 4.18.